The van der Waals surface area contributed by atoms with Gasteiger partial charge in [0.2, 0.25) is 11.8 Å². The summed E-state index contributed by atoms with van der Waals surface area (Å²) in [4.78, 5) is 25.7. The number of rotatable bonds is 4. The second-order valence-corrected chi connectivity index (χ2v) is 6.59. The van der Waals surface area contributed by atoms with Crippen LogP contribution in [0.5, 0.6) is 0 Å². The average molecular weight is 361 g/mol. The van der Waals surface area contributed by atoms with Gasteiger partial charge in [0.15, 0.2) is 0 Å². The number of nitrogens with zero attached hydrogens (tertiary/aromatic N) is 1. The Morgan fingerprint density at radius 1 is 1.07 bits per heavy atom. The molecule has 6 nitrogen and oxygen atoms in total. The Labute approximate surface area is 156 Å². The van der Waals surface area contributed by atoms with E-state index in [4.69, 9.17) is 5.73 Å². The minimum Gasteiger partial charge on any atom is -0.394 e. The molecular formula is C21H19N3O3. The molecule has 1 heterocycles. The molecular weight excluding hydrogens is 342 g/mol. The third-order valence-electron chi connectivity index (χ3n) is 4.87. The molecule has 1 aliphatic rings. The molecule has 6 heteroatoms. The molecule has 0 radical (unpaired) electrons. The maximum absolute atomic E-state index is 12.5. The molecule has 4 rings (SSSR count). The molecule has 4 N–H and O–H groups in total. The van der Waals surface area contributed by atoms with Crippen molar-refractivity contribution < 1.29 is 14.7 Å². The number of fused-ring (bicyclic) bond motifs is 2. The molecule has 2 amide bonds. The summed E-state index contributed by atoms with van der Waals surface area (Å²) in [6, 6.07) is 18.4. The monoisotopic (exact) mass is 361 g/mol. The quantitative estimate of drug-likeness (QED) is 0.664. The van der Waals surface area contributed by atoms with Gasteiger partial charge in [-0.3, -0.25) is 9.59 Å². The standard InChI is InChI=1S/C21H19N3O3/c22-20(26)16-7-8-18-17(10-16)23-21(27)19(12-25)24(18)11-13-5-6-14-3-1-2-4-15(14)9-13/h1-10,19,25H,11-12H2,(H2,22,26)(H,23,27). The van der Waals surface area contributed by atoms with E-state index in [1.54, 1.807) is 18.2 Å². The lowest BCUT2D eigenvalue weighted by Gasteiger charge is -2.37. The fraction of sp³-hybridized carbons (Fsp3) is 0.143. The second-order valence-electron chi connectivity index (χ2n) is 6.59. The maximum atomic E-state index is 12.5. The zero-order chi connectivity index (χ0) is 19.0. The van der Waals surface area contributed by atoms with Gasteiger partial charge in [0.05, 0.1) is 18.0 Å². The summed E-state index contributed by atoms with van der Waals surface area (Å²) in [5.41, 5.74) is 7.94. The molecule has 27 heavy (non-hydrogen) atoms. The van der Waals surface area contributed by atoms with Crippen LogP contribution in [-0.4, -0.2) is 29.6 Å². The minimum atomic E-state index is -0.705. The Bertz CT molecular complexity index is 1050. The topological polar surface area (TPSA) is 95.7 Å². The lowest BCUT2D eigenvalue weighted by molar-refractivity contribution is -0.118. The largest absolute Gasteiger partial charge is 0.394 e. The molecule has 3 aromatic carbocycles. The van der Waals surface area contributed by atoms with Crippen molar-refractivity contribution in [1.29, 1.82) is 0 Å². The molecule has 0 saturated heterocycles. The van der Waals surface area contributed by atoms with Crippen LogP contribution in [0.4, 0.5) is 11.4 Å². The van der Waals surface area contributed by atoms with Crippen molar-refractivity contribution in [2.45, 2.75) is 12.6 Å². The number of anilines is 2. The van der Waals surface area contributed by atoms with E-state index in [-0.39, 0.29) is 12.5 Å². The van der Waals surface area contributed by atoms with Crippen LogP contribution >= 0.6 is 0 Å². The van der Waals surface area contributed by atoms with E-state index in [1.807, 2.05) is 41.3 Å². The van der Waals surface area contributed by atoms with Crippen molar-refractivity contribution in [3.05, 3.63) is 71.8 Å². The van der Waals surface area contributed by atoms with E-state index in [1.165, 1.54) is 0 Å². The minimum absolute atomic E-state index is 0.309. The number of primary amides is 1. The molecule has 0 spiro atoms. The van der Waals surface area contributed by atoms with Crippen LogP contribution in [0.2, 0.25) is 0 Å². The van der Waals surface area contributed by atoms with Gasteiger partial charge in [0.1, 0.15) is 6.04 Å². The number of carbonyl (C=O) groups is 2. The van der Waals surface area contributed by atoms with Gasteiger partial charge in [0.25, 0.3) is 0 Å². The van der Waals surface area contributed by atoms with Crippen LogP contribution in [0.25, 0.3) is 10.8 Å². The van der Waals surface area contributed by atoms with Gasteiger partial charge < -0.3 is 21.1 Å². The molecule has 1 unspecified atom stereocenters. The van der Waals surface area contributed by atoms with E-state index in [0.29, 0.717) is 17.8 Å². The Morgan fingerprint density at radius 2 is 1.85 bits per heavy atom. The van der Waals surface area contributed by atoms with Gasteiger partial charge in [-0.15, -0.1) is 0 Å². The highest BCUT2D eigenvalue weighted by Gasteiger charge is 2.32. The Kier molecular flexibility index (Phi) is 4.25. The lowest BCUT2D eigenvalue weighted by atomic mass is 10.0. The number of benzene rings is 3. The van der Waals surface area contributed by atoms with Crippen LogP contribution in [0.15, 0.2) is 60.7 Å². The van der Waals surface area contributed by atoms with Crippen molar-refractivity contribution in [1.82, 2.24) is 0 Å². The first-order chi connectivity index (χ1) is 13.1. The van der Waals surface area contributed by atoms with Crippen molar-refractivity contribution >= 4 is 34.0 Å². The summed E-state index contributed by atoms with van der Waals surface area (Å²) >= 11 is 0. The van der Waals surface area contributed by atoms with Crippen LogP contribution in [0, 0.1) is 0 Å². The molecule has 0 saturated carbocycles. The SMILES string of the molecule is NC(=O)c1ccc2c(c1)NC(=O)C(CO)N2Cc1ccc2ccccc2c1. The third kappa shape index (κ3) is 3.11. The fourth-order valence-corrected chi connectivity index (χ4v) is 3.48. The van der Waals surface area contributed by atoms with Gasteiger partial charge in [-0.25, -0.2) is 0 Å². The van der Waals surface area contributed by atoms with Crippen LogP contribution in [0.1, 0.15) is 15.9 Å². The van der Waals surface area contributed by atoms with Gasteiger partial charge >= 0.3 is 0 Å². The molecule has 1 aliphatic heterocycles. The van der Waals surface area contributed by atoms with Crippen molar-refractivity contribution in [3.63, 3.8) is 0 Å². The number of hydrogen-bond donors (Lipinski definition) is 3. The molecule has 0 aliphatic carbocycles. The normalized spacial score (nSPS) is 16.1. The van der Waals surface area contributed by atoms with E-state index in [2.05, 4.69) is 11.4 Å². The maximum Gasteiger partial charge on any atom is 0.249 e. The summed E-state index contributed by atoms with van der Waals surface area (Å²) in [5, 5.41) is 14.8. The third-order valence-corrected chi connectivity index (χ3v) is 4.87. The Hall–Kier alpha value is -3.38. The molecule has 0 aromatic heterocycles. The molecule has 0 bridgehead atoms. The smallest absolute Gasteiger partial charge is 0.249 e. The highest BCUT2D eigenvalue weighted by molar-refractivity contribution is 6.05. The first kappa shape index (κ1) is 17.1. The number of hydrogen-bond acceptors (Lipinski definition) is 4. The van der Waals surface area contributed by atoms with Gasteiger partial charge in [0, 0.05) is 12.1 Å². The summed E-state index contributed by atoms with van der Waals surface area (Å²) in [7, 11) is 0. The van der Waals surface area contributed by atoms with Crippen LogP contribution in [-0.2, 0) is 11.3 Å². The first-order valence-corrected chi connectivity index (χ1v) is 8.67. The second kappa shape index (κ2) is 6.74. The highest BCUT2D eigenvalue weighted by Crippen LogP contribution is 2.34. The predicted octanol–water partition coefficient (Wildman–Crippen LogP) is 2.26. The predicted molar refractivity (Wildman–Crippen MR) is 105 cm³/mol. The van der Waals surface area contributed by atoms with Crippen molar-refractivity contribution in [2.75, 3.05) is 16.8 Å². The summed E-state index contributed by atoms with van der Waals surface area (Å²) in [5.74, 6) is -0.871. The Balaban J connectivity index is 1.74. The van der Waals surface area contributed by atoms with Gasteiger partial charge in [-0.2, -0.15) is 0 Å². The molecule has 3 aromatic rings. The number of nitrogens with one attached hydrogen (secondary N) is 1. The van der Waals surface area contributed by atoms with E-state index >= 15 is 0 Å². The molecule has 0 fully saturated rings. The van der Waals surface area contributed by atoms with E-state index in [0.717, 1.165) is 22.0 Å². The number of aliphatic hydroxyl groups is 1. The van der Waals surface area contributed by atoms with Crippen molar-refractivity contribution in [2.24, 2.45) is 5.73 Å². The number of nitrogens with two attached hydrogens (primary N) is 1. The number of amides is 2. The highest BCUT2D eigenvalue weighted by atomic mass is 16.3. The summed E-state index contributed by atoms with van der Waals surface area (Å²) < 4.78 is 0. The summed E-state index contributed by atoms with van der Waals surface area (Å²) in [6.45, 7) is 0.142. The van der Waals surface area contributed by atoms with Gasteiger partial charge in [-0.1, -0.05) is 36.4 Å². The lowest BCUT2D eigenvalue weighted by Crippen LogP contribution is -2.49. The first-order valence-electron chi connectivity index (χ1n) is 8.67. The zero-order valence-electron chi connectivity index (χ0n) is 14.6. The van der Waals surface area contributed by atoms with Crippen molar-refractivity contribution in [3.8, 4) is 0 Å². The van der Waals surface area contributed by atoms with Crippen LogP contribution in [0.3, 0.4) is 0 Å². The van der Waals surface area contributed by atoms with Gasteiger partial charge in [-0.05, 0) is 40.6 Å². The Morgan fingerprint density at radius 3 is 2.59 bits per heavy atom. The average Bonchev–Trinajstić information content (AvgIpc) is 2.67. The number of aliphatic hydroxyl groups excluding tert-OH is 1. The van der Waals surface area contributed by atoms with E-state index in [9.17, 15) is 14.7 Å². The fourth-order valence-electron chi connectivity index (χ4n) is 3.48. The summed E-state index contributed by atoms with van der Waals surface area (Å²) in [6.07, 6.45) is 0. The molecule has 1 atom stereocenters. The van der Waals surface area contributed by atoms with E-state index < -0.39 is 11.9 Å². The zero-order valence-corrected chi connectivity index (χ0v) is 14.6. The number of carbonyl (C=O) groups excluding carboxylic acids is 2. The van der Waals surface area contributed by atoms with Crippen LogP contribution < -0.4 is 16.0 Å². The molecule has 136 valence electrons.